The molecule has 2 aromatic carbocycles. The van der Waals surface area contributed by atoms with Crippen molar-refractivity contribution in [1.29, 1.82) is 0 Å². The van der Waals surface area contributed by atoms with Crippen LogP contribution in [0.5, 0.6) is 0 Å². The molecule has 3 heterocycles. The molecule has 0 aliphatic carbocycles. The Labute approximate surface area is 186 Å². The van der Waals surface area contributed by atoms with Crippen LogP contribution in [0, 0.1) is 0 Å². The molecule has 6 heteroatoms. The van der Waals surface area contributed by atoms with E-state index in [1.54, 1.807) is 24.2 Å². The van der Waals surface area contributed by atoms with Crippen LogP contribution in [0.4, 0.5) is 5.69 Å². The zero-order valence-corrected chi connectivity index (χ0v) is 18.0. The van der Waals surface area contributed by atoms with E-state index in [4.69, 9.17) is 0 Å². The van der Waals surface area contributed by atoms with Gasteiger partial charge in [0.05, 0.1) is 11.5 Å². The molecule has 3 aromatic rings. The van der Waals surface area contributed by atoms with Gasteiger partial charge in [0, 0.05) is 37.1 Å². The number of amides is 2. The first-order valence-corrected chi connectivity index (χ1v) is 10.9. The van der Waals surface area contributed by atoms with E-state index in [-0.39, 0.29) is 23.4 Å². The minimum Gasteiger partial charge on any atom is -0.334 e. The summed E-state index contributed by atoms with van der Waals surface area (Å²) < 4.78 is 1.44. The van der Waals surface area contributed by atoms with Gasteiger partial charge in [-0.3, -0.25) is 14.4 Å². The number of rotatable bonds is 4. The van der Waals surface area contributed by atoms with Gasteiger partial charge in [-0.15, -0.1) is 0 Å². The van der Waals surface area contributed by atoms with Crippen LogP contribution in [0.1, 0.15) is 34.3 Å². The second-order valence-electron chi connectivity index (χ2n) is 8.62. The number of hydrogen-bond acceptors (Lipinski definition) is 3. The van der Waals surface area contributed by atoms with E-state index in [9.17, 15) is 14.4 Å². The normalized spacial score (nSPS) is 21.6. The maximum absolute atomic E-state index is 13.5. The molecule has 2 aliphatic rings. The number of pyridine rings is 1. The van der Waals surface area contributed by atoms with Gasteiger partial charge in [-0.1, -0.05) is 48.5 Å². The van der Waals surface area contributed by atoms with Crippen LogP contribution in [0.25, 0.3) is 0 Å². The smallest absolute Gasteiger partial charge is 0.254 e. The molecule has 0 bridgehead atoms. The zero-order valence-electron chi connectivity index (χ0n) is 18.0. The highest BCUT2D eigenvalue weighted by molar-refractivity contribution is 6.08. The Morgan fingerprint density at radius 3 is 2.59 bits per heavy atom. The highest BCUT2D eigenvalue weighted by Gasteiger charge is 2.58. The van der Waals surface area contributed by atoms with Gasteiger partial charge in [0.15, 0.2) is 0 Å². The third kappa shape index (κ3) is 3.14. The van der Waals surface area contributed by atoms with Gasteiger partial charge in [0.25, 0.3) is 11.5 Å². The van der Waals surface area contributed by atoms with Crippen molar-refractivity contribution in [2.75, 3.05) is 11.9 Å². The lowest BCUT2D eigenvalue weighted by atomic mass is 9.73. The molecule has 1 fully saturated rings. The number of hydrogen-bond donors (Lipinski definition) is 1. The predicted octanol–water partition coefficient (Wildman–Crippen LogP) is 3.12. The largest absolute Gasteiger partial charge is 0.334 e. The molecule has 1 spiro atoms. The van der Waals surface area contributed by atoms with Crippen molar-refractivity contribution in [3.8, 4) is 0 Å². The summed E-state index contributed by atoms with van der Waals surface area (Å²) in [4.78, 5) is 40.9. The van der Waals surface area contributed by atoms with E-state index in [0.29, 0.717) is 24.9 Å². The quantitative estimate of drug-likeness (QED) is 0.696. The fourth-order valence-corrected chi connectivity index (χ4v) is 5.24. The number of aromatic nitrogens is 1. The molecule has 1 saturated heterocycles. The number of nitrogens with zero attached hydrogens (tertiary/aromatic N) is 2. The molecule has 1 aromatic heterocycles. The monoisotopic (exact) mass is 427 g/mol. The van der Waals surface area contributed by atoms with Crippen molar-refractivity contribution >= 4 is 17.5 Å². The molecule has 2 aliphatic heterocycles. The van der Waals surface area contributed by atoms with Gasteiger partial charge < -0.3 is 14.8 Å². The molecular formula is C26H25N3O3. The van der Waals surface area contributed by atoms with Crippen LogP contribution in [-0.4, -0.2) is 33.9 Å². The first kappa shape index (κ1) is 20.2. The molecule has 2 amide bonds. The Morgan fingerprint density at radius 1 is 1.06 bits per heavy atom. The van der Waals surface area contributed by atoms with E-state index >= 15 is 0 Å². The topological polar surface area (TPSA) is 71.4 Å². The highest BCUT2D eigenvalue weighted by Crippen LogP contribution is 2.49. The maximum Gasteiger partial charge on any atom is 0.254 e. The third-order valence-electron chi connectivity index (χ3n) is 6.91. The van der Waals surface area contributed by atoms with Gasteiger partial charge in [0.2, 0.25) is 5.91 Å². The summed E-state index contributed by atoms with van der Waals surface area (Å²) in [5.74, 6) is -0.245. The van der Waals surface area contributed by atoms with E-state index in [0.717, 1.165) is 17.7 Å². The Kier molecular flexibility index (Phi) is 4.93. The fraction of sp³-hybridized carbons (Fsp3) is 0.269. The Hall–Kier alpha value is -3.67. The van der Waals surface area contributed by atoms with Crippen LogP contribution >= 0.6 is 0 Å². The predicted molar refractivity (Wildman–Crippen MR) is 123 cm³/mol. The molecule has 32 heavy (non-hydrogen) atoms. The zero-order chi connectivity index (χ0) is 22.3. The third-order valence-corrected chi connectivity index (χ3v) is 6.91. The average molecular weight is 428 g/mol. The number of aryl methyl sites for hydroxylation is 2. The average Bonchev–Trinajstić information content (AvgIpc) is 3.33. The summed E-state index contributed by atoms with van der Waals surface area (Å²) >= 11 is 0. The number of benzene rings is 2. The number of fused-ring (bicyclic) bond motifs is 2. The number of carbonyl (C=O) groups excluding carboxylic acids is 2. The van der Waals surface area contributed by atoms with Crippen molar-refractivity contribution in [3.63, 3.8) is 0 Å². The van der Waals surface area contributed by atoms with E-state index in [1.807, 2.05) is 42.5 Å². The Morgan fingerprint density at radius 2 is 1.81 bits per heavy atom. The van der Waals surface area contributed by atoms with Gasteiger partial charge in [-0.25, -0.2) is 0 Å². The van der Waals surface area contributed by atoms with Gasteiger partial charge in [0.1, 0.15) is 0 Å². The van der Waals surface area contributed by atoms with Crippen molar-refractivity contribution < 1.29 is 9.59 Å². The van der Waals surface area contributed by atoms with Crippen molar-refractivity contribution in [1.82, 2.24) is 9.47 Å². The molecule has 0 radical (unpaired) electrons. The van der Waals surface area contributed by atoms with Crippen molar-refractivity contribution in [2.45, 2.75) is 30.7 Å². The number of anilines is 1. The van der Waals surface area contributed by atoms with Crippen LogP contribution in [0.3, 0.4) is 0 Å². The van der Waals surface area contributed by atoms with Gasteiger partial charge in [-0.05, 0) is 42.5 Å². The van der Waals surface area contributed by atoms with E-state index in [2.05, 4.69) is 17.4 Å². The lowest BCUT2D eigenvalue weighted by molar-refractivity contribution is -0.121. The summed E-state index contributed by atoms with van der Waals surface area (Å²) in [6.45, 7) is 0.468. The minimum atomic E-state index is -0.777. The van der Waals surface area contributed by atoms with Crippen LogP contribution in [-0.2, 0) is 23.7 Å². The lowest BCUT2D eigenvalue weighted by Gasteiger charge is -2.34. The first-order valence-electron chi connectivity index (χ1n) is 10.9. The molecule has 6 nitrogen and oxygen atoms in total. The molecular weight excluding hydrogens is 402 g/mol. The Bertz CT molecular complexity index is 1250. The first-order chi connectivity index (χ1) is 15.5. The SMILES string of the molecule is Cn1ccc(C(=O)N2CC[C@]3(C(=O)Nc4ccccc43)[C@@H]2CCc2ccccc2)cc1=O. The second-order valence-corrected chi connectivity index (χ2v) is 8.62. The summed E-state index contributed by atoms with van der Waals surface area (Å²) in [6.07, 6.45) is 3.58. The lowest BCUT2D eigenvalue weighted by Crippen LogP contribution is -2.49. The van der Waals surface area contributed by atoms with Crippen LogP contribution in [0.2, 0.25) is 0 Å². The van der Waals surface area contributed by atoms with Crippen molar-refractivity contribution in [2.24, 2.45) is 7.05 Å². The Balaban J connectivity index is 1.55. The van der Waals surface area contributed by atoms with Gasteiger partial charge >= 0.3 is 0 Å². The van der Waals surface area contributed by atoms with Crippen LogP contribution in [0.15, 0.2) is 77.7 Å². The molecule has 0 unspecified atom stereocenters. The molecule has 2 atom stereocenters. The van der Waals surface area contributed by atoms with Crippen LogP contribution < -0.4 is 10.9 Å². The van der Waals surface area contributed by atoms with Crippen molar-refractivity contribution in [3.05, 3.63) is 100.0 Å². The number of likely N-dealkylation sites (tertiary alicyclic amines) is 1. The number of carbonyl (C=O) groups is 2. The summed E-state index contributed by atoms with van der Waals surface area (Å²) in [7, 11) is 1.66. The van der Waals surface area contributed by atoms with Gasteiger partial charge in [-0.2, -0.15) is 0 Å². The highest BCUT2D eigenvalue weighted by atomic mass is 16.2. The summed E-state index contributed by atoms with van der Waals surface area (Å²) in [5, 5.41) is 3.04. The fourth-order valence-electron chi connectivity index (χ4n) is 5.24. The number of nitrogens with one attached hydrogen (secondary N) is 1. The standard InChI is InChI=1S/C26H25N3O3/c1-28-15-13-19(17-23(28)30)24(31)29-16-14-26(20-9-5-6-10-21(20)27-25(26)32)22(29)12-11-18-7-3-2-4-8-18/h2-10,13,15,17,22H,11-12,14,16H2,1H3,(H,27,32)/t22-,26+/m0/s1. The van der Waals surface area contributed by atoms with E-state index in [1.165, 1.54) is 16.2 Å². The molecule has 1 N–H and O–H groups in total. The minimum absolute atomic E-state index is 0.0453. The molecule has 0 saturated carbocycles. The van der Waals surface area contributed by atoms with E-state index < -0.39 is 5.41 Å². The molecule has 162 valence electrons. The maximum atomic E-state index is 13.5. The summed E-state index contributed by atoms with van der Waals surface area (Å²) in [5.41, 5.74) is 2.31. The number of para-hydroxylation sites is 1. The second kappa shape index (κ2) is 7.79. The molecule has 5 rings (SSSR count). The summed E-state index contributed by atoms with van der Waals surface area (Å²) in [6, 6.07) is 20.6.